The van der Waals surface area contributed by atoms with Gasteiger partial charge in [-0.05, 0) is 34.4 Å². The van der Waals surface area contributed by atoms with E-state index in [1.165, 1.54) is 0 Å². The van der Waals surface area contributed by atoms with Crippen molar-refractivity contribution in [1.29, 1.82) is 0 Å². The highest BCUT2D eigenvalue weighted by molar-refractivity contribution is 5.86. The molecule has 2 aromatic carbocycles. The highest BCUT2D eigenvalue weighted by Crippen LogP contribution is 2.27. The first kappa shape index (κ1) is 14.9. The van der Waals surface area contributed by atoms with Gasteiger partial charge in [0.1, 0.15) is 0 Å². The number of pyridine rings is 1. The molecular weight excluding hydrogens is 288 g/mol. The number of hydrogen-bond donors (Lipinski definition) is 2. The molecule has 0 spiro atoms. The second-order valence-electron chi connectivity index (χ2n) is 5.18. The predicted molar refractivity (Wildman–Crippen MR) is 87.9 cm³/mol. The van der Waals surface area contributed by atoms with E-state index in [1.54, 1.807) is 17.9 Å². The van der Waals surface area contributed by atoms with Crippen LogP contribution in [0.3, 0.4) is 0 Å². The fourth-order valence-corrected chi connectivity index (χ4v) is 2.62. The van der Waals surface area contributed by atoms with Gasteiger partial charge in [0.15, 0.2) is 0 Å². The van der Waals surface area contributed by atoms with Crippen molar-refractivity contribution in [2.24, 2.45) is 0 Å². The Bertz CT molecular complexity index is 771. The van der Waals surface area contributed by atoms with Crippen molar-refractivity contribution in [1.82, 2.24) is 10.5 Å². The van der Waals surface area contributed by atoms with Crippen molar-refractivity contribution in [2.75, 3.05) is 0 Å². The largest absolute Gasteiger partial charge is 0.289 e. The van der Waals surface area contributed by atoms with Gasteiger partial charge in [-0.25, -0.2) is 5.48 Å². The van der Waals surface area contributed by atoms with E-state index in [1.807, 2.05) is 66.7 Å². The number of hydrogen-bond acceptors (Lipinski definition) is 3. The Labute approximate surface area is 134 Å². The van der Waals surface area contributed by atoms with E-state index in [0.29, 0.717) is 0 Å². The minimum Gasteiger partial charge on any atom is -0.289 e. The number of nitrogens with one attached hydrogen (secondary N) is 1. The van der Waals surface area contributed by atoms with Gasteiger partial charge in [0, 0.05) is 12.4 Å². The maximum atomic E-state index is 12.1. The quantitative estimate of drug-likeness (QED) is 0.574. The topological polar surface area (TPSA) is 62.2 Å². The number of benzene rings is 2. The summed E-state index contributed by atoms with van der Waals surface area (Å²) >= 11 is 0. The van der Waals surface area contributed by atoms with E-state index in [0.717, 1.165) is 22.3 Å². The maximum absolute atomic E-state index is 12.1. The van der Waals surface area contributed by atoms with Crippen LogP contribution in [-0.4, -0.2) is 16.1 Å². The standard InChI is InChI=1S/C19H16N2O2/c22-19(21-23)18(16-4-2-1-3-5-16)17-8-6-14(7-9-17)15-10-12-20-13-11-15/h1-13,18,23H,(H,21,22). The summed E-state index contributed by atoms with van der Waals surface area (Å²) in [5.41, 5.74) is 5.52. The zero-order valence-corrected chi connectivity index (χ0v) is 12.4. The summed E-state index contributed by atoms with van der Waals surface area (Å²) in [5.74, 6) is -0.999. The van der Waals surface area contributed by atoms with Crippen molar-refractivity contribution in [3.8, 4) is 11.1 Å². The van der Waals surface area contributed by atoms with Crippen LogP contribution in [0.5, 0.6) is 0 Å². The maximum Gasteiger partial charge on any atom is 0.255 e. The van der Waals surface area contributed by atoms with Gasteiger partial charge in [-0.15, -0.1) is 0 Å². The third-order valence-corrected chi connectivity index (χ3v) is 3.76. The molecule has 3 rings (SSSR count). The summed E-state index contributed by atoms with van der Waals surface area (Å²) in [5, 5.41) is 9.05. The molecule has 0 saturated heterocycles. The van der Waals surface area contributed by atoms with Crippen LogP contribution >= 0.6 is 0 Å². The molecule has 0 aliphatic heterocycles. The molecule has 0 bridgehead atoms. The Kier molecular flexibility index (Phi) is 4.45. The van der Waals surface area contributed by atoms with Gasteiger partial charge in [-0.3, -0.25) is 15.0 Å². The second-order valence-corrected chi connectivity index (χ2v) is 5.18. The van der Waals surface area contributed by atoms with Crippen LogP contribution in [0.1, 0.15) is 17.0 Å². The lowest BCUT2D eigenvalue weighted by Crippen LogP contribution is -2.27. The number of aromatic nitrogens is 1. The van der Waals surface area contributed by atoms with Crippen LogP contribution < -0.4 is 5.48 Å². The zero-order chi connectivity index (χ0) is 16.1. The average Bonchev–Trinajstić information content (AvgIpc) is 2.64. The molecule has 3 aromatic rings. The molecule has 1 atom stereocenters. The van der Waals surface area contributed by atoms with Gasteiger partial charge in [-0.2, -0.15) is 0 Å². The molecule has 0 aliphatic rings. The summed E-state index contributed by atoms with van der Waals surface area (Å²) in [6.45, 7) is 0. The minimum atomic E-state index is -0.548. The van der Waals surface area contributed by atoms with Gasteiger partial charge in [0.05, 0.1) is 5.92 Å². The highest BCUT2D eigenvalue weighted by atomic mass is 16.5. The summed E-state index contributed by atoms with van der Waals surface area (Å²) in [6, 6.07) is 21.0. The number of carbonyl (C=O) groups excluding carboxylic acids is 1. The van der Waals surface area contributed by atoms with Crippen molar-refractivity contribution in [2.45, 2.75) is 5.92 Å². The molecule has 0 radical (unpaired) electrons. The van der Waals surface area contributed by atoms with Crippen molar-refractivity contribution < 1.29 is 10.0 Å². The Morgan fingerprint density at radius 3 is 2.00 bits per heavy atom. The number of amides is 1. The van der Waals surface area contributed by atoms with Gasteiger partial charge >= 0.3 is 0 Å². The zero-order valence-electron chi connectivity index (χ0n) is 12.4. The first-order chi connectivity index (χ1) is 11.3. The number of rotatable bonds is 4. The van der Waals surface area contributed by atoms with Gasteiger partial charge < -0.3 is 0 Å². The highest BCUT2D eigenvalue weighted by Gasteiger charge is 2.22. The summed E-state index contributed by atoms with van der Waals surface area (Å²) in [6.07, 6.45) is 3.49. The molecule has 2 N–H and O–H groups in total. The Morgan fingerprint density at radius 2 is 1.39 bits per heavy atom. The lowest BCUT2D eigenvalue weighted by atomic mass is 9.89. The predicted octanol–water partition coefficient (Wildman–Crippen LogP) is 3.39. The Hall–Kier alpha value is -2.98. The fourth-order valence-electron chi connectivity index (χ4n) is 2.62. The summed E-state index contributed by atoms with van der Waals surface area (Å²) in [4.78, 5) is 16.1. The van der Waals surface area contributed by atoms with Gasteiger partial charge in [-0.1, -0.05) is 54.6 Å². The molecule has 1 amide bonds. The molecular formula is C19H16N2O2. The SMILES string of the molecule is O=C(NO)C(c1ccccc1)c1ccc(-c2ccncc2)cc1. The molecule has 114 valence electrons. The summed E-state index contributed by atoms with van der Waals surface area (Å²) < 4.78 is 0. The van der Waals surface area contributed by atoms with E-state index in [2.05, 4.69) is 4.98 Å². The minimum absolute atomic E-state index is 0.451. The molecule has 0 saturated carbocycles. The van der Waals surface area contributed by atoms with Crippen molar-refractivity contribution in [3.63, 3.8) is 0 Å². The monoisotopic (exact) mass is 304 g/mol. The molecule has 4 nitrogen and oxygen atoms in total. The molecule has 0 fully saturated rings. The number of nitrogens with zero attached hydrogens (tertiary/aromatic N) is 1. The lowest BCUT2D eigenvalue weighted by Gasteiger charge is -2.16. The van der Waals surface area contributed by atoms with E-state index in [-0.39, 0.29) is 0 Å². The first-order valence-corrected chi connectivity index (χ1v) is 7.29. The van der Waals surface area contributed by atoms with Crippen molar-refractivity contribution >= 4 is 5.91 Å². The van der Waals surface area contributed by atoms with Crippen LogP contribution in [0.4, 0.5) is 0 Å². The van der Waals surface area contributed by atoms with E-state index in [4.69, 9.17) is 5.21 Å². The molecule has 1 aromatic heterocycles. The molecule has 0 aliphatic carbocycles. The molecule has 1 heterocycles. The van der Waals surface area contributed by atoms with Crippen LogP contribution in [0.25, 0.3) is 11.1 Å². The number of hydroxylamine groups is 1. The Morgan fingerprint density at radius 1 is 0.826 bits per heavy atom. The van der Waals surface area contributed by atoms with Gasteiger partial charge in [0.2, 0.25) is 0 Å². The van der Waals surface area contributed by atoms with Crippen LogP contribution in [-0.2, 0) is 4.79 Å². The third-order valence-electron chi connectivity index (χ3n) is 3.76. The first-order valence-electron chi connectivity index (χ1n) is 7.29. The Balaban J connectivity index is 1.96. The molecule has 1 unspecified atom stereocenters. The average molecular weight is 304 g/mol. The smallest absolute Gasteiger partial charge is 0.255 e. The fraction of sp³-hybridized carbons (Fsp3) is 0.0526. The third kappa shape index (κ3) is 3.27. The van der Waals surface area contributed by atoms with Crippen molar-refractivity contribution in [3.05, 3.63) is 90.3 Å². The lowest BCUT2D eigenvalue weighted by molar-refractivity contribution is -0.129. The van der Waals surface area contributed by atoms with Crippen LogP contribution in [0, 0.1) is 0 Å². The number of carbonyl (C=O) groups is 1. The van der Waals surface area contributed by atoms with Crippen LogP contribution in [0.15, 0.2) is 79.1 Å². The van der Waals surface area contributed by atoms with E-state index < -0.39 is 11.8 Å². The second kappa shape index (κ2) is 6.85. The summed E-state index contributed by atoms with van der Waals surface area (Å²) in [7, 11) is 0. The van der Waals surface area contributed by atoms with Gasteiger partial charge in [0.25, 0.3) is 5.91 Å². The molecule has 23 heavy (non-hydrogen) atoms. The normalized spacial score (nSPS) is 11.7. The van der Waals surface area contributed by atoms with Crippen LogP contribution in [0.2, 0.25) is 0 Å². The van der Waals surface area contributed by atoms with E-state index in [9.17, 15) is 4.79 Å². The van der Waals surface area contributed by atoms with E-state index >= 15 is 0 Å². The molecule has 4 heteroatoms.